The van der Waals surface area contributed by atoms with Crippen LogP contribution in [-0.4, -0.2) is 20.6 Å². The molecule has 3 rings (SSSR count). The second-order valence-corrected chi connectivity index (χ2v) is 4.79. The Bertz CT molecular complexity index is 519. The first-order chi connectivity index (χ1) is 7.74. The summed E-state index contributed by atoms with van der Waals surface area (Å²) >= 11 is 1.69. The molecule has 0 fully saturated rings. The molecule has 2 aromatic heterocycles. The van der Waals surface area contributed by atoms with Crippen LogP contribution in [0.25, 0.3) is 0 Å². The number of hydrogen-bond donors (Lipinski definition) is 1. The maximum absolute atomic E-state index is 5.62. The number of aryl methyl sites for hydroxylation is 2. The highest BCUT2D eigenvalue weighted by Gasteiger charge is 2.24. The lowest BCUT2D eigenvalue weighted by Gasteiger charge is -2.24. The molecule has 1 N–H and O–H groups in total. The number of nitrogens with zero attached hydrogens (tertiary/aromatic N) is 3. The van der Waals surface area contributed by atoms with Crippen molar-refractivity contribution in [3.63, 3.8) is 0 Å². The Hall–Kier alpha value is -1.43. The van der Waals surface area contributed by atoms with Gasteiger partial charge >= 0.3 is 0 Å². The van der Waals surface area contributed by atoms with E-state index in [1.54, 1.807) is 11.8 Å². The normalized spacial score (nSPS) is 19.2. The highest BCUT2D eigenvalue weighted by molar-refractivity contribution is 7.99. The van der Waals surface area contributed by atoms with Gasteiger partial charge in [0.1, 0.15) is 23.4 Å². The molecule has 0 saturated carbocycles. The zero-order valence-electron chi connectivity index (χ0n) is 9.10. The third-order valence-electron chi connectivity index (χ3n) is 2.56. The molecule has 0 aromatic carbocycles. The molecule has 2 aromatic rings. The van der Waals surface area contributed by atoms with E-state index in [2.05, 4.69) is 15.6 Å². The number of furan rings is 1. The highest BCUT2D eigenvalue weighted by atomic mass is 32.2. The average Bonchev–Trinajstić information content (AvgIpc) is 2.86. The predicted molar refractivity (Wildman–Crippen MR) is 61.0 cm³/mol. The molecule has 84 valence electrons. The van der Waals surface area contributed by atoms with Gasteiger partial charge in [0.05, 0.1) is 0 Å². The van der Waals surface area contributed by atoms with Gasteiger partial charge < -0.3 is 9.84 Å². The van der Waals surface area contributed by atoms with Gasteiger partial charge in [-0.05, 0) is 26.0 Å². The van der Waals surface area contributed by atoms with Crippen LogP contribution >= 0.6 is 11.8 Å². The summed E-state index contributed by atoms with van der Waals surface area (Å²) in [5.41, 5.74) is 3.35. The van der Waals surface area contributed by atoms with E-state index in [0.717, 1.165) is 28.3 Å². The van der Waals surface area contributed by atoms with Gasteiger partial charge in [0.25, 0.3) is 0 Å². The van der Waals surface area contributed by atoms with Crippen LogP contribution in [0.1, 0.15) is 23.4 Å². The fraction of sp³-hybridized carbons (Fsp3) is 0.400. The van der Waals surface area contributed by atoms with E-state index >= 15 is 0 Å². The van der Waals surface area contributed by atoms with Crippen LogP contribution in [0.3, 0.4) is 0 Å². The largest absolute Gasteiger partial charge is 0.464 e. The van der Waals surface area contributed by atoms with Crippen LogP contribution in [0.4, 0.5) is 0 Å². The Morgan fingerprint density at radius 3 is 3.06 bits per heavy atom. The number of aromatic nitrogens is 3. The molecule has 1 unspecified atom stereocenters. The van der Waals surface area contributed by atoms with Crippen molar-refractivity contribution >= 4 is 11.8 Å². The summed E-state index contributed by atoms with van der Waals surface area (Å²) in [4.78, 5) is 0. The fourth-order valence-electron chi connectivity index (χ4n) is 1.72. The number of nitrogens with one attached hydrogen (secondary N) is 1. The SMILES string of the molecule is Cc1ccc(C2CSc3nnc(C)n3N2)o1. The molecule has 0 amide bonds. The lowest BCUT2D eigenvalue weighted by Crippen LogP contribution is -2.28. The van der Waals surface area contributed by atoms with E-state index in [1.807, 2.05) is 30.7 Å². The molecule has 1 atom stereocenters. The smallest absolute Gasteiger partial charge is 0.210 e. The van der Waals surface area contributed by atoms with Gasteiger partial charge in [-0.1, -0.05) is 11.8 Å². The lowest BCUT2D eigenvalue weighted by atomic mass is 10.3. The molecular formula is C10H12N4OS. The Morgan fingerprint density at radius 1 is 1.44 bits per heavy atom. The van der Waals surface area contributed by atoms with Crippen LogP contribution < -0.4 is 5.43 Å². The van der Waals surface area contributed by atoms with Crippen molar-refractivity contribution in [3.8, 4) is 0 Å². The van der Waals surface area contributed by atoms with E-state index in [1.165, 1.54) is 0 Å². The summed E-state index contributed by atoms with van der Waals surface area (Å²) < 4.78 is 7.54. The Balaban J connectivity index is 1.90. The zero-order chi connectivity index (χ0) is 11.1. The number of thioether (sulfide) groups is 1. The van der Waals surface area contributed by atoms with Crippen LogP contribution in [0.5, 0.6) is 0 Å². The maximum atomic E-state index is 5.62. The Kier molecular flexibility index (Phi) is 2.17. The third kappa shape index (κ3) is 1.49. The summed E-state index contributed by atoms with van der Waals surface area (Å²) in [6, 6.07) is 4.18. The minimum Gasteiger partial charge on any atom is -0.464 e. The maximum Gasteiger partial charge on any atom is 0.210 e. The van der Waals surface area contributed by atoms with Crippen molar-refractivity contribution in [2.45, 2.75) is 25.0 Å². The van der Waals surface area contributed by atoms with Crippen molar-refractivity contribution in [3.05, 3.63) is 29.5 Å². The summed E-state index contributed by atoms with van der Waals surface area (Å²) in [6.45, 7) is 3.88. The van der Waals surface area contributed by atoms with E-state index in [-0.39, 0.29) is 6.04 Å². The highest BCUT2D eigenvalue weighted by Crippen LogP contribution is 2.30. The molecule has 0 radical (unpaired) electrons. The van der Waals surface area contributed by atoms with Gasteiger partial charge in [0, 0.05) is 5.75 Å². The van der Waals surface area contributed by atoms with E-state index < -0.39 is 0 Å². The molecule has 3 heterocycles. The molecule has 0 spiro atoms. The van der Waals surface area contributed by atoms with Crippen molar-refractivity contribution in [1.82, 2.24) is 14.9 Å². The van der Waals surface area contributed by atoms with Crippen molar-refractivity contribution < 1.29 is 4.42 Å². The van der Waals surface area contributed by atoms with E-state index in [0.29, 0.717) is 0 Å². The van der Waals surface area contributed by atoms with Crippen molar-refractivity contribution in [2.75, 3.05) is 11.2 Å². The van der Waals surface area contributed by atoms with Crippen molar-refractivity contribution in [2.24, 2.45) is 0 Å². The quantitative estimate of drug-likeness (QED) is 0.819. The molecule has 0 bridgehead atoms. The summed E-state index contributed by atoms with van der Waals surface area (Å²) in [6.07, 6.45) is 0. The third-order valence-corrected chi connectivity index (χ3v) is 3.59. The fourth-order valence-corrected chi connectivity index (χ4v) is 2.69. The topological polar surface area (TPSA) is 55.9 Å². The van der Waals surface area contributed by atoms with Crippen LogP contribution in [-0.2, 0) is 0 Å². The standard InChI is InChI=1S/C10H12N4OS/c1-6-3-4-9(15-6)8-5-16-10-12-11-7(2)14(10)13-8/h3-4,8,13H,5H2,1-2H3. The molecule has 0 aliphatic carbocycles. The predicted octanol–water partition coefficient (Wildman–Crippen LogP) is 1.88. The van der Waals surface area contributed by atoms with E-state index in [4.69, 9.17) is 4.42 Å². The molecule has 1 aliphatic rings. The lowest BCUT2D eigenvalue weighted by molar-refractivity contribution is 0.450. The zero-order valence-corrected chi connectivity index (χ0v) is 9.91. The van der Waals surface area contributed by atoms with Gasteiger partial charge in [-0.2, -0.15) is 0 Å². The first kappa shape index (κ1) is 9.77. The Morgan fingerprint density at radius 2 is 2.31 bits per heavy atom. The monoisotopic (exact) mass is 236 g/mol. The van der Waals surface area contributed by atoms with E-state index in [9.17, 15) is 0 Å². The first-order valence-corrected chi connectivity index (χ1v) is 6.10. The second kappa shape index (κ2) is 3.55. The van der Waals surface area contributed by atoms with Gasteiger partial charge in [0.15, 0.2) is 0 Å². The molecule has 6 heteroatoms. The van der Waals surface area contributed by atoms with Gasteiger partial charge in [-0.15, -0.1) is 10.2 Å². The number of fused-ring (bicyclic) bond motifs is 1. The van der Waals surface area contributed by atoms with Gasteiger partial charge in [-0.25, -0.2) is 4.68 Å². The van der Waals surface area contributed by atoms with Crippen molar-refractivity contribution in [1.29, 1.82) is 0 Å². The van der Waals surface area contributed by atoms with Crippen LogP contribution in [0.15, 0.2) is 21.7 Å². The number of hydrogen-bond acceptors (Lipinski definition) is 5. The number of rotatable bonds is 1. The minimum absolute atomic E-state index is 0.181. The van der Waals surface area contributed by atoms with Crippen LogP contribution in [0, 0.1) is 13.8 Å². The molecular weight excluding hydrogens is 224 g/mol. The molecule has 1 aliphatic heterocycles. The average molecular weight is 236 g/mol. The van der Waals surface area contributed by atoms with Gasteiger partial charge in [-0.3, -0.25) is 0 Å². The summed E-state index contributed by atoms with van der Waals surface area (Å²) in [5.74, 6) is 3.68. The molecule has 5 nitrogen and oxygen atoms in total. The second-order valence-electron chi connectivity index (χ2n) is 3.81. The first-order valence-electron chi connectivity index (χ1n) is 5.12. The summed E-state index contributed by atoms with van der Waals surface area (Å²) in [7, 11) is 0. The van der Waals surface area contributed by atoms with Gasteiger partial charge in [0.2, 0.25) is 5.16 Å². The Labute approximate surface area is 97.2 Å². The minimum atomic E-state index is 0.181. The molecule has 0 saturated heterocycles. The summed E-state index contributed by atoms with van der Waals surface area (Å²) in [5, 5.41) is 9.02. The van der Waals surface area contributed by atoms with Crippen LogP contribution in [0.2, 0.25) is 0 Å². The molecule has 16 heavy (non-hydrogen) atoms.